The van der Waals surface area contributed by atoms with Gasteiger partial charge in [0.2, 0.25) is 0 Å². The number of hydroxylamine groups is 2. The molecule has 12 heavy (non-hydrogen) atoms. The Balaban J connectivity index is 2.63. The summed E-state index contributed by atoms with van der Waals surface area (Å²) >= 11 is -2.53. The highest BCUT2D eigenvalue weighted by Gasteiger charge is 2.33. The molecule has 0 saturated carbocycles. The number of rotatable bonds is 1. The van der Waals surface area contributed by atoms with Crippen LogP contribution in [0.15, 0.2) is 10.3 Å². The van der Waals surface area contributed by atoms with E-state index in [0.29, 0.717) is 0 Å². The van der Waals surface area contributed by atoms with Gasteiger partial charge in [0, 0.05) is 5.22 Å². The Morgan fingerprint density at radius 3 is 2.83 bits per heavy atom. The van der Waals surface area contributed by atoms with E-state index in [9.17, 15) is 14.2 Å². The van der Waals surface area contributed by atoms with E-state index in [1.165, 1.54) is 4.72 Å². The van der Waals surface area contributed by atoms with Crippen molar-refractivity contribution in [2.45, 2.75) is 0 Å². The topological polar surface area (TPSA) is 114 Å². The van der Waals surface area contributed by atoms with Gasteiger partial charge in [-0.2, -0.15) is 4.72 Å². The molecule has 0 aromatic heterocycles. The van der Waals surface area contributed by atoms with Crippen LogP contribution in [0, 0.1) is 5.21 Å². The maximum absolute atomic E-state index is 11.2. The van der Waals surface area contributed by atoms with E-state index in [4.69, 9.17) is 4.55 Å². The predicted octanol–water partition coefficient (Wildman–Crippen LogP) is -0.472. The van der Waals surface area contributed by atoms with Gasteiger partial charge in [-0.15, -0.1) is 9.87 Å². The van der Waals surface area contributed by atoms with Gasteiger partial charge in [0.25, 0.3) is 11.3 Å². The molecule has 68 valence electrons. The van der Waals surface area contributed by atoms with Crippen molar-refractivity contribution in [3.05, 3.63) is 5.21 Å². The summed E-state index contributed by atoms with van der Waals surface area (Å²) in [6, 6.07) is -1.18. The van der Waals surface area contributed by atoms with Gasteiger partial charge in [0.1, 0.15) is 13.1 Å². The molecular weight excluding hydrogens is 188 g/mol. The minimum absolute atomic E-state index is 0.136. The quantitative estimate of drug-likeness (QED) is 0.333. The van der Waals surface area contributed by atoms with Crippen LogP contribution >= 0.6 is 0 Å². The van der Waals surface area contributed by atoms with Crippen LogP contribution in [0.1, 0.15) is 0 Å². The van der Waals surface area contributed by atoms with E-state index in [1.807, 2.05) is 0 Å². The second-order valence-corrected chi connectivity index (χ2v) is 2.74. The fourth-order valence-electron chi connectivity index (χ4n) is 0.660. The van der Waals surface area contributed by atoms with Crippen LogP contribution in [0.5, 0.6) is 0 Å². The number of quaternary nitrogens is 1. The van der Waals surface area contributed by atoms with Crippen LogP contribution in [-0.4, -0.2) is 32.6 Å². The molecule has 0 fully saturated rings. The van der Waals surface area contributed by atoms with Crippen molar-refractivity contribution in [3.8, 4) is 0 Å². The van der Waals surface area contributed by atoms with Gasteiger partial charge in [-0.25, -0.2) is 9.00 Å². The number of urea groups is 1. The second kappa shape index (κ2) is 3.23. The third-order valence-electron chi connectivity index (χ3n) is 1.20. The maximum atomic E-state index is 11.2. The lowest BCUT2D eigenvalue weighted by Crippen LogP contribution is -2.48. The van der Waals surface area contributed by atoms with E-state index in [-0.39, 0.29) is 13.1 Å². The molecule has 8 nitrogen and oxygen atoms in total. The first-order valence-electron chi connectivity index (χ1n) is 2.95. The van der Waals surface area contributed by atoms with Crippen molar-refractivity contribution in [3.63, 3.8) is 0 Å². The van der Waals surface area contributed by atoms with Crippen molar-refractivity contribution < 1.29 is 18.3 Å². The number of hydrogen-bond donors (Lipinski definition) is 2. The molecule has 0 bridgehead atoms. The number of hydrogen-bond acceptors (Lipinski definition) is 5. The Hall–Kier alpha value is -0.900. The first-order chi connectivity index (χ1) is 5.54. The van der Waals surface area contributed by atoms with Gasteiger partial charge in [-0.05, 0) is 0 Å². The summed E-state index contributed by atoms with van der Waals surface area (Å²) in [5.74, 6) is 0. The summed E-state index contributed by atoms with van der Waals surface area (Å²) in [4.78, 5) is 10.8. The molecule has 0 saturated heterocycles. The molecule has 1 rings (SSSR count). The van der Waals surface area contributed by atoms with Gasteiger partial charge in [-0.3, -0.25) is 4.55 Å². The van der Waals surface area contributed by atoms with E-state index in [2.05, 4.69) is 10.3 Å². The summed E-state index contributed by atoms with van der Waals surface area (Å²) in [6.07, 6.45) is 0. The van der Waals surface area contributed by atoms with Crippen LogP contribution in [0.4, 0.5) is 4.79 Å². The van der Waals surface area contributed by atoms with Crippen molar-refractivity contribution in [2.75, 3.05) is 13.1 Å². The zero-order valence-electron chi connectivity index (χ0n) is 5.84. The SMILES string of the molecule is O=C(NS(=O)O)[N+]1([O-])CCN=N1. The highest BCUT2D eigenvalue weighted by molar-refractivity contribution is 7.77. The highest BCUT2D eigenvalue weighted by Crippen LogP contribution is 2.12. The van der Waals surface area contributed by atoms with E-state index in [1.54, 1.807) is 0 Å². The summed E-state index contributed by atoms with van der Waals surface area (Å²) < 4.78 is 18.2. The molecule has 0 aliphatic carbocycles. The minimum atomic E-state index is -2.53. The Kier molecular flexibility index (Phi) is 2.47. The Morgan fingerprint density at radius 2 is 2.42 bits per heavy atom. The normalized spacial score (nSPS) is 30.2. The Labute approximate surface area is 69.8 Å². The number of carbonyl (C=O) groups excluding carboxylic acids is 1. The molecule has 9 heteroatoms. The maximum Gasteiger partial charge on any atom is 0.458 e. The van der Waals surface area contributed by atoms with Crippen molar-refractivity contribution >= 4 is 17.3 Å². The first-order valence-corrected chi connectivity index (χ1v) is 4.05. The number of nitrogens with one attached hydrogen (secondary N) is 1. The zero-order valence-corrected chi connectivity index (χ0v) is 6.65. The number of amides is 2. The lowest BCUT2D eigenvalue weighted by atomic mass is 10.6. The van der Waals surface area contributed by atoms with Crippen LogP contribution in [-0.2, 0) is 11.3 Å². The Morgan fingerprint density at radius 1 is 1.75 bits per heavy atom. The molecular formula is C3H6N4O4S. The Bertz CT molecular complexity index is 255. The average Bonchev–Trinajstić information content (AvgIpc) is 2.36. The molecule has 1 heterocycles. The lowest BCUT2D eigenvalue weighted by Gasteiger charge is -2.25. The third kappa shape index (κ3) is 1.82. The standard InChI is InChI=1S/C3H6N4O4S/c8-3(5-12(10)11)7(9)2-1-4-6-7/h1-2H2,(H,5,8)(H,10,11). The number of carbonyl (C=O) groups is 1. The van der Waals surface area contributed by atoms with Crippen LogP contribution in [0.3, 0.4) is 0 Å². The van der Waals surface area contributed by atoms with Crippen LogP contribution < -0.4 is 4.72 Å². The smallest absolute Gasteiger partial charge is 0.458 e. The van der Waals surface area contributed by atoms with Gasteiger partial charge in [0.15, 0.2) is 0 Å². The van der Waals surface area contributed by atoms with E-state index >= 15 is 0 Å². The van der Waals surface area contributed by atoms with Crippen molar-refractivity contribution in [2.24, 2.45) is 10.3 Å². The van der Waals surface area contributed by atoms with Gasteiger partial charge in [0.05, 0.1) is 0 Å². The predicted molar refractivity (Wildman–Crippen MR) is 37.5 cm³/mol. The van der Waals surface area contributed by atoms with Gasteiger partial charge >= 0.3 is 6.03 Å². The fraction of sp³-hybridized carbons (Fsp3) is 0.667. The lowest BCUT2D eigenvalue weighted by molar-refractivity contribution is -0.799. The average molecular weight is 194 g/mol. The first kappa shape index (κ1) is 9.19. The summed E-state index contributed by atoms with van der Waals surface area (Å²) in [5.41, 5.74) is 0. The highest BCUT2D eigenvalue weighted by atomic mass is 32.2. The monoisotopic (exact) mass is 194 g/mol. The molecule has 1 aliphatic rings. The van der Waals surface area contributed by atoms with Crippen LogP contribution in [0.25, 0.3) is 0 Å². The summed E-state index contributed by atoms with van der Waals surface area (Å²) in [7, 11) is 0. The number of nitrogens with zero attached hydrogens (tertiary/aromatic N) is 3. The third-order valence-corrected chi connectivity index (χ3v) is 1.55. The van der Waals surface area contributed by atoms with E-state index in [0.717, 1.165) is 0 Å². The molecule has 2 unspecified atom stereocenters. The second-order valence-electron chi connectivity index (χ2n) is 2.04. The summed E-state index contributed by atoms with van der Waals surface area (Å²) in [6.45, 7) is 0.0119. The largest absolute Gasteiger partial charge is 0.594 e. The fourth-order valence-corrected chi connectivity index (χ4v) is 0.952. The molecule has 0 aromatic rings. The van der Waals surface area contributed by atoms with Crippen molar-refractivity contribution in [1.82, 2.24) is 4.72 Å². The van der Waals surface area contributed by atoms with Gasteiger partial charge in [-0.1, -0.05) is 0 Å². The molecule has 1 aliphatic heterocycles. The molecule has 2 N–H and O–H groups in total. The molecule has 0 aromatic carbocycles. The zero-order chi connectivity index (χ0) is 9.19. The molecule has 0 radical (unpaired) electrons. The minimum Gasteiger partial charge on any atom is -0.594 e. The van der Waals surface area contributed by atoms with E-state index < -0.39 is 22.1 Å². The molecule has 0 spiro atoms. The molecule has 2 amide bonds. The van der Waals surface area contributed by atoms with Gasteiger partial charge < -0.3 is 5.21 Å². The molecule has 2 atom stereocenters. The van der Waals surface area contributed by atoms with Crippen molar-refractivity contribution in [1.29, 1.82) is 0 Å². The summed E-state index contributed by atoms with van der Waals surface area (Å²) in [5, 5.41) is 17.5. The van der Waals surface area contributed by atoms with Crippen LogP contribution in [0.2, 0.25) is 0 Å².